The van der Waals surface area contributed by atoms with E-state index < -0.39 is 0 Å². The standard InChI is InChI=1S/C8H11P.Gd/c1-7(9)8-5-3-2-4-6-8;/h2-7H,9H2,1H3;. The van der Waals surface area contributed by atoms with Gasteiger partial charge in [-0.15, -0.1) is 9.24 Å². The molecule has 0 aromatic heterocycles. The van der Waals surface area contributed by atoms with Gasteiger partial charge in [0, 0.05) is 39.9 Å². The molecule has 10 heavy (non-hydrogen) atoms. The van der Waals surface area contributed by atoms with Crippen molar-refractivity contribution in [1.82, 2.24) is 0 Å². The molecule has 0 aliphatic heterocycles. The van der Waals surface area contributed by atoms with Crippen LogP contribution in [0.3, 0.4) is 0 Å². The maximum absolute atomic E-state index is 2.77. The van der Waals surface area contributed by atoms with Crippen molar-refractivity contribution in [1.29, 1.82) is 0 Å². The van der Waals surface area contributed by atoms with Gasteiger partial charge in [0.05, 0.1) is 0 Å². The normalized spacial score (nSPS) is 11.8. The summed E-state index contributed by atoms with van der Waals surface area (Å²) in [4.78, 5) is 0. The molecule has 1 aromatic carbocycles. The molecule has 0 fully saturated rings. The molecule has 0 N–H and O–H groups in total. The van der Waals surface area contributed by atoms with Crippen molar-refractivity contribution in [2.24, 2.45) is 0 Å². The molecule has 0 nitrogen and oxygen atoms in total. The van der Waals surface area contributed by atoms with Crippen LogP contribution in [-0.2, 0) is 0 Å². The summed E-state index contributed by atoms with van der Waals surface area (Å²) in [7, 11) is 2.77. The van der Waals surface area contributed by atoms with Gasteiger partial charge in [0.15, 0.2) is 0 Å². The molecule has 0 spiro atoms. The maximum Gasteiger partial charge on any atom is 0 e. The van der Waals surface area contributed by atoms with E-state index in [1.165, 1.54) is 5.56 Å². The van der Waals surface area contributed by atoms with Crippen LogP contribution < -0.4 is 0 Å². The smallest absolute Gasteiger partial charge is 0 e. The van der Waals surface area contributed by atoms with Gasteiger partial charge in [-0.25, -0.2) is 0 Å². The zero-order chi connectivity index (χ0) is 6.69. The van der Waals surface area contributed by atoms with Gasteiger partial charge < -0.3 is 0 Å². The fraction of sp³-hybridized carbons (Fsp3) is 0.250. The average Bonchev–Trinajstić information content (AvgIpc) is 1.90. The first-order valence-electron chi connectivity index (χ1n) is 3.11. The number of hydrogen-bond acceptors (Lipinski definition) is 0. The summed E-state index contributed by atoms with van der Waals surface area (Å²) in [6.45, 7) is 2.17. The second-order valence-electron chi connectivity index (χ2n) is 2.20. The molecule has 0 saturated carbocycles. The van der Waals surface area contributed by atoms with Gasteiger partial charge in [-0.05, 0) is 11.2 Å². The van der Waals surface area contributed by atoms with Gasteiger partial charge in [-0.2, -0.15) is 0 Å². The van der Waals surface area contributed by atoms with Crippen molar-refractivity contribution < 1.29 is 39.9 Å². The summed E-state index contributed by atoms with van der Waals surface area (Å²) < 4.78 is 0. The molecular weight excluding hydrogens is 284 g/mol. The summed E-state index contributed by atoms with van der Waals surface area (Å²) in [5.74, 6) is 0. The monoisotopic (exact) mass is 296 g/mol. The van der Waals surface area contributed by atoms with Crippen LogP contribution in [0.25, 0.3) is 0 Å². The van der Waals surface area contributed by atoms with E-state index in [4.69, 9.17) is 0 Å². The molecular formula is C8H11GdP. The van der Waals surface area contributed by atoms with E-state index in [1.807, 2.05) is 6.07 Å². The summed E-state index contributed by atoms with van der Waals surface area (Å²) in [6.07, 6.45) is 0. The Hall–Kier alpha value is 0.975. The van der Waals surface area contributed by atoms with Crippen molar-refractivity contribution in [3.8, 4) is 0 Å². The van der Waals surface area contributed by atoms with Crippen LogP contribution >= 0.6 is 9.24 Å². The van der Waals surface area contributed by atoms with Crippen LogP contribution in [0.15, 0.2) is 30.3 Å². The molecule has 1 rings (SSSR count). The van der Waals surface area contributed by atoms with Gasteiger partial charge in [0.2, 0.25) is 0 Å². The average molecular weight is 295 g/mol. The summed E-state index contributed by atoms with van der Waals surface area (Å²) in [5.41, 5.74) is 1.95. The Morgan fingerprint density at radius 1 is 1.20 bits per heavy atom. The molecule has 0 amide bonds. The minimum absolute atomic E-state index is 0. The Bertz CT molecular complexity index is 172. The number of benzene rings is 1. The predicted molar refractivity (Wildman–Crippen MR) is 44.6 cm³/mol. The first-order chi connectivity index (χ1) is 4.30. The summed E-state index contributed by atoms with van der Waals surface area (Å²) >= 11 is 0. The van der Waals surface area contributed by atoms with Crippen LogP contribution in [0.4, 0.5) is 0 Å². The van der Waals surface area contributed by atoms with Crippen LogP contribution in [-0.4, -0.2) is 0 Å². The number of rotatable bonds is 1. The second kappa shape index (κ2) is 5.60. The maximum atomic E-state index is 2.77. The Morgan fingerprint density at radius 2 is 1.70 bits per heavy atom. The molecule has 2 atom stereocenters. The predicted octanol–water partition coefficient (Wildman–Crippen LogP) is 2.62. The summed E-state index contributed by atoms with van der Waals surface area (Å²) in [5, 5.41) is 0. The van der Waals surface area contributed by atoms with E-state index in [0.717, 1.165) is 0 Å². The van der Waals surface area contributed by atoms with Crippen molar-refractivity contribution in [2.75, 3.05) is 0 Å². The zero-order valence-electron chi connectivity index (χ0n) is 5.90. The SMILES string of the molecule is CC(P)c1ccccc1.[Gd]. The van der Waals surface area contributed by atoms with E-state index in [-0.39, 0.29) is 39.9 Å². The molecule has 2 heteroatoms. The van der Waals surface area contributed by atoms with Crippen LogP contribution in [0.1, 0.15) is 18.1 Å². The quantitative estimate of drug-likeness (QED) is 0.699. The van der Waals surface area contributed by atoms with Crippen molar-refractivity contribution in [3.05, 3.63) is 35.9 Å². The van der Waals surface area contributed by atoms with E-state index >= 15 is 0 Å². The number of hydrogen-bond donors (Lipinski definition) is 0. The van der Waals surface area contributed by atoms with Crippen LogP contribution in [0, 0.1) is 39.9 Å². The largest absolute Gasteiger partial charge is 0.130 e. The van der Waals surface area contributed by atoms with Gasteiger partial charge >= 0.3 is 0 Å². The Balaban J connectivity index is 0.000000810. The van der Waals surface area contributed by atoms with E-state index in [0.29, 0.717) is 5.66 Å². The summed E-state index contributed by atoms with van der Waals surface area (Å²) in [6, 6.07) is 10.4. The van der Waals surface area contributed by atoms with Crippen molar-refractivity contribution >= 4 is 9.24 Å². The molecule has 0 aliphatic carbocycles. The molecule has 2 unspecified atom stereocenters. The van der Waals surface area contributed by atoms with E-state index in [1.54, 1.807) is 0 Å². The molecule has 0 aliphatic rings. The molecule has 0 bridgehead atoms. The first kappa shape index (κ1) is 11.0. The van der Waals surface area contributed by atoms with Crippen LogP contribution in [0.5, 0.6) is 0 Å². The van der Waals surface area contributed by atoms with Crippen LogP contribution in [0.2, 0.25) is 0 Å². The van der Waals surface area contributed by atoms with Gasteiger partial charge in [0.1, 0.15) is 0 Å². The Kier molecular flexibility index (Phi) is 6.15. The second-order valence-corrected chi connectivity index (χ2v) is 3.20. The van der Waals surface area contributed by atoms with Crippen molar-refractivity contribution in [3.63, 3.8) is 0 Å². The van der Waals surface area contributed by atoms with E-state index in [2.05, 4.69) is 40.4 Å². The minimum atomic E-state index is 0. The topological polar surface area (TPSA) is 0 Å². The Morgan fingerprint density at radius 3 is 2.00 bits per heavy atom. The fourth-order valence-corrected chi connectivity index (χ4v) is 0.979. The van der Waals surface area contributed by atoms with Gasteiger partial charge in [-0.3, -0.25) is 0 Å². The molecule has 56 valence electrons. The molecule has 1 aromatic rings. The fourth-order valence-electron chi connectivity index (χ4n) is 0.757. The van der Waals surface area contributed by atoms with Gasteiger partial charge in [0.25, 0.3) is 0 Å². The van der Waals surface area contributed by atoms with E-state index in [9.17, 15) is 0 Å². The Labute approximate surface area is 96.7 Å². The van der Waals surface area contributed by atoms with Gasteiger partial charge in [-0.1, -0.05) is 37.3 Å². The third-order valence-corrected chi connectivity index (χ3v) is 1.71. The minimum Gasteiger partial charge on any atom is -0.130 e. The third-order valence-electron chi connectivity index (χ3n) is 1.33. The zero-order valence-corrected chi connectivity index (χ0v) is 9.32. The molecule has 0 heterocycles. The third kappa shape index (κ3) is 3.39. The van der Waals surface area contributed by atoms with Crippen molar-refractivity contribution in [2.45, 2.75) is 12.6 Å². The molecule has 0 saturated heterocycles. The molecule has 0 radical (unpaired) electrons. The first-order valence-corrected chi connectivity index (χ1v) is 3.78.